The molecule has 0 spiro atoms. The Kier molecular flexibility index (Phi) is 3.06. The lowest BCUT2D eigenvalue weighted by Gasteiger charge is -2.08. The minimum Gasteiger partial charge on any atom is -0.496 e. The zero-order valence-electron chi connectivity index (χ0n) is 8.26. The first-order chi connectivity index (χ1) is 6.60. The molecule has 0 radical (unpaired) electrons. The average molecular weight is 198 g/mol. The minimum absolute atomic E-state index is 0.181. The van der Waals surface area contributed by atoms with Crippen molar-refractivity contribution < 1.29 is 18.7 Å². The van der Waals surface area contributed by atoms with Gasteiger partial charge in [0.1, 0.15) is 17.1 Å². The molecule has 0 fully saturated rings. The number of carbonyl (C=O) groups excluding carboxylic acids is 1. The number of hydrogen-bond acceptors (Lipinski definition) is 3. The van der Waals surface area contributed by atoms with Crippen LogP contribution in [0.15, 0.2) is 12.1 Å². The van der Waals surface area contributed by atoms with Gasteiger partial charge in [-0.05, 0) is 18.6 Å². The van der Waals surface area contributed by atoms with Crippen molar-refractivity contribution in [2.45, 2.75) is 6.92 Å². The molecule has 0 aliphatic carbocycles. The lowest BCUT2D eigenvalue weighted by atomic mass is 10.1. The van der Waals surface area contributed by atoms with Crippen LogP contribution in [0, 0.1) is 12.7 Å². The van der Waals surface area contributed by atoms with Crippen molar-refractivity contribution in [2.75, 3.05) is 14.2 Å². The molecule has 0 amide bonds. The smallest absolute Gasteiger partial charge is 0.341 e. The molecule has 0 aliphatic heterocycles. The Bertz CT molecular complexity index is 361. The molecule has 0 N–H and O–H groups in total. The van der Waals surface area contributed by atoms with Crippen molar-refractivity contribution in [1.29, 1.82) is 0 Å². The lowest BCUT2D eigenvalue weighted by molar-refractivity contribution is 0.0597. The molecule has 0 aromatic heterocycles. The number of esters is 1. The molecule has 3 nitrogen and oxygen atoms in total. The first-order valence-electron chi connectivity index (χ1n) is 4.02. The van der Waals surface area contributed by atoms with Crippen molar-refractivity contribution in [2.24, 2.45) is 0 Å². The summed E-state index contributed by atoms with van der Waals surface area (Å²) in [4.78, 5) is 11.2. The molecule has 76 valence electrons. The SMILES string of the molecule is COC(=O)c1cc(C)c(F)cc1OC. The number of aryl methyl sites for hydroxylation is 1. The van der Waals surface area contributed by atoms with Crippen LogP contribution in [0.2, 0.25) is 0 Å². The molecular weight excluding hydrogens is 187 g/mol. The molecule has 14 heavy (non-hydrogen) atoms. The summed E-state index contributed by atoms with van der Waals surface area (Å²) in [5.74, 6) is -0.764. The molecule has 0 atom stereocenters. The van der Waals surface area contributed by atoms with Gasteiger partial charge in [-0.25, -0.2) is 9.18 Å². The van der Waals surface area contributed by atoms with Crippen LogP contribution in [0.3, 0.4) is 0 Å². The summed E-state index contributed by atoms with van der Waals surface area (Å²) in [6.45, 7) is 1.57. The molecule has 0 bridgehead atoms. The van der Waals surface area contributed by atoms with Crippen LogP contribution in [0.5, 0.6) is 5.75 Å². The van der Waals surface area contributed by atoms with Crippen LogP contribution in [0.25, 0.3) is 0 Å². The molecule has 0 unspecified atom stereocenters. The second-order valence-electron chi connectivity index (χ2n) is 2.79. The van der Waals surface area contributed by atoms with E-state index in [1.54, 1.807) is 6.92 Å². The van der Waals surface area contributed by atoms with Gasteiger partial charge in [0.2, 0.25) is 0 Å². The number of rotatable bonds is 2. The van der Waals surface area contributed by atoms with Crippen molar-refractivity contribution >= 4 is 5.97 Å². The predicted molar refractivity (Wildman–Crippen MR) is 49.0 cm³/mol. The van der Waals surface area contributed by atoms with E-state index in [2.05, 4.69) is 4.74 Å². The lowest BCUT2D eigenvalue weighted by Crippen LogP contribution is -2.05. The van der Waals surface area contributed by atoms with Gasteiger partial charge in [-0.1, -0.05) is 0 Å². The van der Waals surface area contributed by atoms with E-state index < -0.39 is 11.8 Å². The van der Waals surface area contributed by atoms with E-state index in [1.165, 1.54) is 26.4 Å². The van der Waals surface area contributed by atoms with Gasteiger partial charge in [0.05, 0.1) is 14.2 Å². The third kappa shape index (κ3) is 1.84. The summed E-state index contributed by atoms with van der Waals surface area (Å²) < 4.78 is 22.5. The molecular formula is C10H11FO3. The van der Waals surface area contributed by atoms with Gasteiger partial charge in [-0.15, -0.1) is 0 Å². The number of methoxy groups -OCH3 is 2. The fourth-order valence-electron chi connectivity index (χ4n) is 1.10. The average Bonchev–Trinajstić information content (AvgIpc) is 2.20. The highest BCUT2D eigenvalue weighted by molar-refractivity contribution is 5.92. The van der Waals surface area contributed by atoms with E-state index in [4.69, 9.17) is 4.74 Å². The quantitative estimate of drug-likeness (QED) is 0.681. The Hall–Kier alpha value is -1.58. The number of ether oxygens (including phenoxy) is 2. The van der Waals surface area contributed by atoms with Crippen LogP contribution in [-0.4, -0.2) is 20.2 Å². The highest BCUT2D eigenvalue weighted by Gasteiger charge is 2.14. The summed E-state index contributed by atoms with van der Waals surface area (Å²) in [6, 6.07) is 2.57. The number of benzene rings is 1. The Morgan fingerprint density at radius 1 is 1.36 bits per heavy atom. The molecule has 0 heterocycles. The minimum atomic E-state index is -0.537. The third-order valence-electron chi connectivity index (χ3n) is 1.89. The van der Waals surface area contributed by atoms with Crippen LogP contribution < -0.4 is 4.74 Å². The Morgan fingerprint density at radius 3 is 2.50 bits per heavy atom. The van der Waals surface area contributed by atoms with Crippen LogP contribution in [0.4, 0.5) is 4.39 Å². The van der Waals surface area contributed by atoms with Crippen molar-refractivity contribution in [3.8, 4) is 5.75 Å². The topological polar surface area (TPSA) is 35.5 Å². The first kappa shape index (κ1) is 10.5. The van der Waals surface area contributed by atoms with Crippen LogP contribution >= 0.6 is 0 Å². The van der Waals surface area contributed by atoms with Gasteiger partial charge in [-0.3, -0.25) is 0 Å². The second-order valence-corrected chi connectivity index (χ2v) is 2.79. The van der Waals surface area contributed by atoms with Crippen molar-refractivity contribution in [1.82, 2.24) is 0 Å². The maximum absolute atomic E-state index is 13.1. The maximum atomic E-state index is 13.1. The summed E-state index contributed by atoms with van der Waals surface area (Å²) in [6.07, 6.45) is 0. The molecule has 4 heteroatoms. The Balaban J connectivity index is 3.27. The van der Waals surface area contributed by atoms with Crippen LogP contribution in [-0.2, 0) is 4.74 Å². The van der Waals surface area contributed by atoms with E-state index in [-0.39, 0.29) is 11.3 Å². The van der Waals surface area contributed by atoms with E-state index in [0.29, 0.717) is 5.56 Å². The zero-order valence-corrected chi connectivity index (χ0v) is 8.26. The predicted octanol–water partition coefficient (Wildman–Crippen LogP) is 1.93. The molecule has 0 aliphatic rings. The summed E-state index contributed by atoms with van der Waals surface area (Å²) >= 11 is 0. The Morgan fingerprint density at radius 2 is 2.00 bits per heavy atom. The van der Waals surface area contributed by atoms with Gasteiger partial charge in [0.25, 0.3) is 0 Å². The largest absolute Gasteiger partial charge is 0.496 e. The Labute approximate surface area is 81.4 Å². The normalized spacial score (nSPS) is 9.71. The molecule has 1 aromatic carbocycles. The highest BCUT2D eigenvalue weighted by atomic mass is 19.1. The van der Waals surface area contributed by atoms with E-state index in [9.17, 15) is 9.18 Å². The van der Waals surface area contributed by atoms with Gasteiger partial charge >= 0.3 is 5.97 Å². The molecule has 1 rings (SSSR count). The van der Waals surface area contributed by atoms with Crippen LogP contribution in [0.1, 0.15) is 15.9 Å². The monoisotopic (exact) mass is 198 g/mol. The van der Waals surface area contributed by atoms with Gasteiger partial charge < -0.3 is 9.47 Å². The maximum Gasteiger partial charge on any atom is 0.341 e. The van der Waals surface area contributed by atoms with Gasteiger partial charge in [0, 0.05) is 6.07 Å². The van der Waals surface area contributed by atoms with E-state index >= 15 is 0 Å². The molecule has 0 saturated carbocycles. The van der Waals surface area contributed by atoms with E-state index in [1.807, 2.05) is 0 Å². The molecule has 0 saturated heterocycles. The number of carbonyl (C=O) groups is 1. The molecule has 1 aromatic rings. The van der Waals surface area contributed by atoms with Gasteiger partial charge in [-0.2, -0.15) is 0 Å². The fraction of sp³-hybridized carbons (Fsp3) is 0.300. The van der Waals surface area contributed by atoms with Crippen molar-refractivity contribution in [3.05, 3.63) is 29.1 Å². The standard InChI is InChI=1S/C10H11FO3/c1-6-4-7(10(12)14-3)9(13-2)5-8(6)11/h4-5H,1-3H3. The van der Waals surface area contributed by atoms with E-state index in [0.717, 1.165) is 0 Å². The fourth-order valence-corrected chi connectivity index (χ4v) is 1.10. The number of hydrogen-bond donors (Lipinski definition) is 0. The summed E-state index contributed by atoms with van der Waals surface area (Å²) in [7, 11) is 2.64. The summed E-state index contributed by atoms with van der Waals surface area (Å²) in [5.41, 5.74) is 0.611. The zero-order chi connectivity index (χ0) is 10.7. The number of halogens is 1. The first-order valence-corrected chi connectivity index (χ1v) is 4.02. The third-order valence-corrected chi connectivity index (χ3v) is 1.89. The highest BCUT2D eigenvalue weighted by Crippen LogP contribution is 2.22. The summed E-state index contributed by atoms with van der Waals surface area (Å²) in [5, 5.41) is 0. The second kappa shape index (κ2) is 4.09. The van der Waals surface area contributed by atoms with Gasteiger partial charge in [0.15, 0.2) is 0 Å². The van der Waals surface area contributed by atoms with Crippen molar-refractivity contribution in [3.63, 3.8) is 0 Å².